The van der Waals surface area contributed by atoms with Gasteiger partial charge in [0.25, 0.3) is 5.91 Å². The van der Waals surface area contributed by atoms with Crippen molar-refractivity contribution in [2.24, 2.45) is 0 Å². The van der Waals surface area contributed by atoms with E-state index >= 15 is 0 Å². The molecule has 6 heteroatoms. The van der Waals surface area contributed by atoms with Crippen molar-refractivity contribution in [3.63, 3.8) is 0 Å². The van der Waals surface area contributed by atoms with Crippen molar-refractivity contribution in [2.75, 3.05) is 18.9 Å². The van der Waals surface area contributed by atoms with Gasteiger partial charge in [-0.1, -0.05) is 18.2 Å². The summed E-state index contributed by atoms with van der Waals surface area (Å²) >= 11 is 1.66. The molecule has 1 unspecified atom stereocenters. The number of quaternary nitrogens is 1. The van der Waals surface area contributed by atoms with Crippen LogP contribution in [0.2, 0.25) is 0 Å². The number of thiazole rings is 1. The van der Waals surface area contributed by atoms with Crippen molar-refractivity contribution in [1.29, 1.82) is 5.26 Å². The molecule has 0 bridgehead atoms. The van der Waals surface area contributed by atoms with Gasteiger partial charge in [-0.25, -0.2) is 4.98 Å². The number of carbonyl (C=O) groups is 1. The summed E-state index contributed by atoms with van der Waals surface area (Å²) in [6.45, 7) is 1.04. The Bertz CT molecular complexity index is 880. The van der Waals surface area contributed by atoms with E-state index in [0.717, 1.165) is 20.1 Å². The third-order valence-corrected chi connectivity index (χ3v) is 4.57. The highest BCUT2D eigenvalue weighted by molar-refractivity contribution is 7.18. The second-order valence-corrected chi connectivity index (χ2v) is 6.74. The Balaban J connectivity index is 1.58. The molecule has 1 heterocycles. The van der Waals surface area contributed by atoms with E-state index in [9.17, 15) is 4.79 Å². The van der Waals surface area contributed by atoms with Gasteiger partial charge in [-0.3, -0.25) is 4.79 Å². The highest BCUT2D eigenvalue weighted by atomic mass is 32.1. The van der Waals surface area contributed by atoms with E-state index in [0.29, 0.717) is 24.3 Å². The van der Waals surface area contributed by atoms with E-state index in [1.807, 2.05) is 25.2 Å². The van der Waals surface area contributed by atoms with Crippen LogP contribution >= 0.6 is 11.3 Å². The lowest BCUT2D eigenvalue weighted by atomic mass is 10.2. The van der Waals surface area contributed by atoms with Crippen molar-refractivity contribution in [1.82, 2.24) is 4.98 Å². The first-order chi connectivity index (χ1) is 11.6. The van der Waals surface area contributed by atoms with Crippen LogP contribution in [0.5, 0.6) is 0 Å². The fraction of sp³-hybridized carbons (Fsp3) is 0.167. The van der Waals surface area contributed by atoms with Gasteiger partial charge >= 0.3 is 0 Å². The first kappa shape index (κ1) is 16.1. The predicted octanol–water partition coefficient (Wildman–Crippen LogP) is 1.82. The maximum Gasteiger partial charge on any atom is 0.279 e. The van der Waals surface area contributed by atoms with Gasteiger partial charge in [0.05, 0.1) is 28.9 Å². The molecule has 0 spiro atoms. The largest absolute Gasteiger partial charge is 0.324 e. The SMILES string of the molecule is C[NH+](CC(=O)Nc1cccc(C#N)c1)Cc1nc2ccccc2s1. The van der Waals surface area contributed by atoms with E-state index in [2.05, 4.69) is 22.4 Å². The number of nitriles is 1. The van der Waals surface area contributed by atoms with Crippen LogP contribution in [0.25, 0.3) is 10.2 Å². The van der Waals surface area contributed by atoms with Gasteiger partial charge in [0, 0.05) is 5.69 Å². The molecule has 2 N–H and O–H groups in total. The van der Waals surface area contributed by atoms with Crippen LogP contribution in [0.15, 0.2) is 48.5 Å². The summed E-state index contributed by atoms with van der Waals surface area (Å²) in [5, 5.41) is 12.7. The zero-order valence-electron chi connectivity index (χ0n) is 13.2. The molecule has 1 atom stereocenters. The van der Waals surface area contributed by atoms with Crippen LogP contribution in [0.3, 0.4) is 0 Å². The molecular formula is C18H17N4OS+. The number of nitrogens with one attached hydrogen (secondary N) is 2. The number of aromatic nitrogens is 1. The number of carbonyl (C=O) groups excluding carboxylic acids is 1. The van der Waals surface area contributed by atoms with Gasteiger partial charge in [0.1, 0.15) is 11.6 Å². The molecule has 3 aromatic rings. The smallest absolute Gasteiger partial charge is 0.279 e. The molecule has 0 saturated carbocycles. The summed E-state index contributed by atoms with van der Waals surface area (Å²) in [5.74, 6) is -0.0799. The number of likely N-dealkylation sites (N-methyl/N-ethyl adjacent to an activating group) is 1. The van der Waals surface area contributed by atoms with Gasteiger partial charge in [-0.15, -0.1) is 11.3 Å². The first-order valence-corrected chi connectivity index (χ1v) is 8.41. The summed E-state index contributed by atoms with van der Waals surface area (Å²) in [4.78, 5) is 17.8. The van der Waals surface area contributed by atoms with Crippen LogP contribution < -0.4 is 10.2 Å². The van der Waals surface area contributed by atoms with E-state index in [4.69, 9.17) is 5.26 Å². The second-order valence-electron chi connectivity index (χ2n) is 5.63. The van der Waals surface area contributed by atoms with E-state index < -0.39 is 0 Å². The molecule has 0 aliphatic rings. The number of fused-ring (bicyclic) bond motifs is 1. The quantitative estimate of drug-likeness (QED) is 0.746. The minimum absolute atomic E-state index is 0.0799. The lowest BCUT2D eigenvalue weighted by molar-refractivity contribution is -0.885. The van der Waals surface area contributed by atoms with Crippen LogP contribution in [0, 0.1) is 11.3 Å². The van der Waals surface area contributed by atoms with Crippen molar-refractivity contribution in [2.45, 2.75) is 6.54 Å². The Morgan fingerprint density at radius 2 is 2.12 bits per heavy atom. The van der Waals surface area contributed by atoms with Crippen LogP contribution in [0.1, 0.15) is 10.6 Å². The fourth-order valence-corrected chi connectivity index (χ4v) is 3.54. The van der Waals surface area contributed by atoms with Crippen LogP contribution in [0.4, 0.5) is 5.69 Å². The van der Waals surface area contributed by atoms with Crippen molar-refractivity contribution in [3.8, 4) is 6.07 Å². The molecule has 0 saturated heterocycles. The minimum Gasteiger partial charge on any atom is -0.324 e. The maximum atomic E-state index is 12.2. The molecule has 0 aliphatic carbocycles. The van der Waals surface area contributed by atoms with Crippen LogP contribution in [-0.4, -0.2) is 24.5 Å². The molecule has 1 amide bonds. The van der Waals surface area contributed by atoms with Gasteiger partial charge in [0.2, 0.25) is 0 Å². The fourth-order valence-electron chi connectivity index (χ4n) is 2.46. The number of amides is 1. The lowest BCUT2D eigenvalue weighted by Gasteiger charge is -2.12. The predicted molar refractivity (Wildman–Crippen MR) is 94.9 cm³/mol. The molecular weight excluding hydrogens is 320 g/mol. The third kappa shape index (κ3) is 3.96. The topological polar surface area (TPSA) is 70.2 Å². The number of rotatable bonds is 5. The number of benzene rings is 2. The van der Waals surface area contributed by atoms with Crippen LogP contribution in [-0.2, 0) is 11.3 Å². The molecule has 0 fully saturated rings. The highest BCUT2D eigenvalue weighted by Gasteiger charge is 2.13. The average molecular weight is 337 g/mol. The number of nitrogens with zero attached hydrogens (tertiary/aromatic N) is 2. The molecule has 1 aromatic heterocycles. The Morgan fingerprint density at radius 3 is 2.92 bits per heavy atom. The third-order valence-electron chi connectivity index (χ3n) is 3.53. The monoisotopic (exact) mass is 337 g/mol. The highest BCUT2D eigenvalue weighted by Crippen LogP contribution is 2.20. The molecule has 120 valence electrons. The molecule has 0 aliphatic heterocycles. The van der Waals surface area contributed by atoms with Gasteiger partial charge in [-0.2, -0.15) is 5.26 Å². The number of hydrogen-bond acceptors (Lipinski definition) is 4. The maximum absolute atomic E-state index is 12.2. The summed E-state index contributed by atoms with van der Waals surface area (Å²) in [6.07, 6.45) is 0. The summed E-state index contributed by atoms with van der Waals surface area (Å²) in [5.41, 5.74) is 2.18. The van der Waals surface area contributed by atoms with E-state index in [-0.39, 0.29) is 5.91 Å². The average Bonchev–Trinajstić information content (AvgIpc) is 2.96. The lowest BCUT2D eigenvalue weighted by Crippen LogP contribution is -3.08. The Morgan fingerprint density at radius 1 is 1.29 bits per heavy atom. The zero-order valence-corrected chi connectivity index (χ0v) is 14.1. The number of anilines is 1. The van der Waals surface area contributed by atoms with Crippen molar-refractivity contribution < 1.29 is 9.69 Å². The summed E-state index contributed by atoms with van der Waals surface area (Å²) in [7, 11) is 1.97. The Labute approximate surface area is 144 Å². The molecule has 2 aromatic carbocycles. The van der Waals surface area contributed by atoms with Crippen molar-refractivity contribution in [3.05, 3.63) is 59.1 Å². The molecule has 24 heavy (non-hydrogen) atoms. The van der Waals surface area contributed by atoms with Gasteiger partial charge in [-0.05, 0) is 30.3 Å². The minimum atomic E-state index is -0.0799. The standard InChI is InChI=1S/C18H16N4OS/c1-22(12-18-21-15-7-2-3-8-16(15)24-18)11-17(23)20-14-6-4-5-13(9-14)10-19/h2-9H,11-12H2,1H3,(H,20,23)/p+1. The zero-order chi connectivity index (χ0) is 16.9. The Hall–Kier alpha value is -2.75. The summed E-state index contributed by atoms with van der Waals surface area (Å²) < 4.78 is 1.16. The molecule has 0 radical (unpaired) electrons. The second kappa shape index (κ2) is 7.21. The number of para-hydroxylation sites is 1. The van der Waals surface area contributed by atoms with E-state index in [1.165, 1.54) is 0 Å². The van der Waals surface area contributed by atoms with E-state index in [1.54, 1.807) is 35.6 Å². The normalized spacial score (nSPS) is 11.8. The van der Waals surface area contributed by atoms with Gasteiger partial charge in [0.15, 0.2) is 6.54 Å². The van der Waals surface area contributed by atoms with Gasteiger partial charge < -0.3 is 10.2 Å². The first-order valence-electron chi connectivity index (χ1n) is 7.60. The summed E-state index contributed by atoms with van der Waals surface area (Å²) in [6, 6.07) is 17.0. The number of hydrogen-bond donors (Lipinski definition) is 2. The van der Waals surface area contributed by atoms with Crippen molar-refractivity contribution >= 4 is 33.1 Å². The molecule has 3 rings (SSSR count). The Kier molecular flexibility index (Phi) is 4.85. The molecule has 5 nitrogen and oxygen atoms in total.